The summed E-state index contributed by atoms with van der Waals surface area (Å²) < 4.78 is 0. The lowest BCUT2D eigenvalue weighted by Gasteiger charge is -2.16. The van der Waals surface area contributed by atoms with Crippen LogP contribution in [0.1, 0.15) is 145 Å². The summed E-state index contributed by atoms with van der Waals surface area (Å²) in [6.45, 7) is 16.2. The Morgan fingerprint density at radius 1 is 0.533 bits per heavy atom. The van der Waals surface area contributed by atoms with E-state index in [1.807, 2.05) is 6.08 Å². The molecule has 0 bridgehead atoms. The molecular formula is C29H58O. The summed E-state index contributed by atoms with van der Waals surface area (Å²) in [6.07, 6.45) is 22.6. The molecule has 4 atom stereocenters. The van der Waals surface area contributed by atoms with Crippen LogP contribution in [0.15, 0.2) is 11.8 Å². The van der Waals surface area contributed by atoms with Crippen LogP contribution in [0.5, 0.6) is 0 Å². The summed E-state index contributed by atoms with van der Waals surface area (Å²) in [7, 11) is 0. The number of aliphatic hydroxyl groups excluding tert-OH is 1. The predicted octanol–water partition coefficient (Wildman–Crippen LogP) is 10.5. The van der Waals surface area contributed by atoms with E-state index in [-0.39, 0.29) is 0 Å². The van der Waals surface area contributed by atoms with Gasteiger partial charge in [0.15, 0.2) is 0 Å². The van der Waals surface area contributed by atoms with E-state index in [0.717, 1.165) is 36.0 Å². The number of allylic oxidation sites excluding steroid dienone is 2. The number of rotatable bonds is 20. The second-order valence-electron chi connectivity index (χ2n) is 11.3. The Morgan fingerprint density at radius 2 is 0.867 bits per heavy atom. The van der Waals surface area contributed by atoms with E-state index in [4.69, 9.17) is 0 Å². The Bertz CT molecular complexity index is 393. The third-order valence-electron chi connectivity index (χ3n) is 7.01. The highest BCUT2D eigenvalue weighted by Crippen LogP contribution is 2.24. The average molecular weight is 423 g/mol. The maximum absolute atomic E-state index is 9.22. The molecule has 1 nitrogen and oxygen atoms in total. The van der Waals surface area contributed by atoms with Crippen molar-refractivity contribution >= 4 is 0 Å². The molecule has 0 spiro atoms. The summed E-state index contributed by atoms with van der Waals surface area (Å²) >= 11 is 0. The first-order valence-corrected chi connectivity index (χ1v) is 13.6. The number of hydrogen-bond donors (Lipinski definition) is 1. The van der Waals surface area contributed by atoms with Crippen molar-refractivity contribution in [1.29, 1.82) is 0 Å². The fraction of sp³-hybridized carbons (Fsp3) is 0.931. The third-order valence-corrected chi connectivity index (χ3v) is 7.01. The van der Waals surface area contributed by atoms with Crippen LogP contribution in [-0.2, 0) is 0 Å². The van der Waals surface area contributed by atoms with Gasteiger partial charge in [0.1, 0.15) is 0 Å². The van der Waals surface area contributed by atoms with Gasteiger partial charge in [0.2, 0.25) is 0 Å². The normalized spacial score (nSPS) is 16.6. The van der Waals surface area contributed by atoms with Crippen molar-refractivity contribution in [3.8, 4) is 0 Å². The first kappa shape index (κ1) is 29.5. The number of hydrogen-bond acceptors (Lipinski definition) is 1. The topological polar surface area (TPSA) is 20.2 Å². The van der Waals surface area contributed by atoms with Crippen molar-refractivity contribution in [2.24, 2.45) is 29.6 Å². The fourth-order valence-corrected chi connectivity index (χ4v) is 4.64. The lowest BCUT2D eigenvalue weighted by atomic mass is 9.90. The molecule has 0 aromatic carbocycles. The van der Waals surface area contributed by atoms with E-state index < -0.39 is 0 Å². The van der Waals surface area contributed by atoms with Gasteiger partial charge in [0, 0.05) is 0 Å². The van der Waals surface area contributed by atoms with Crippen LogP contribution in [0.4, 0.5) is 0 Å². The summed E-state index contributed by atoms with van der Waals surface area (Å²) in [5, 5.41) is 9.22. The Balaban J connectivity index is 3.57. The average Bonchev–Trinajstić information content (AvgIpc) is 2.64. The second-order valence-corrected chi connectivity index (χ2v) is 11.3. The van der Waals surface area contributed by atoms with Crippen LogP contribution < -0.4 is 0 Å². The smallest absolute Gasteiger partial charge is 0.0851 e. The minimum atomic E-state index is 0.469. The van der Waals surface area contributed by atoms with E-state index in [0.29, 0.717) is 5.76 Å². The second kappa shape index (κ2) is 19.2. The van der Waals surface area contributed by atoms with Crippen molar-refractivity contribution in [3.63, 3.8) is 0 Å². The van der Waals surface area contributed by atoms with Gasteiger partial charge in [0.05, 0.1) is 5.76 Å². The summed E-state index contributed by atoms with van der Waals surface area (Å²) in [6, 6.07) is 0. The molecule has 0 saturated heterocycles. The first-order chi connectivity index (χ1) is 14.2. The highest BCUT2D eigenvalue weighted by atomic mass is 16.3. The fourth-order valence-electron chi connectivity index (χ4n) is 4.64. The first-order valence-electron chi connectivity index (χ1n) is 13.6. The molecule has 1 heteroatoms. The molecule has 180 valence electrons. The molecule has 0 heterocycles. The lowest BCUT2D eigenvalue weighted by molar-refractivity contribution is 0.372. The quantitative estimate of drug-likeness (QED) is 0.153. The molecule has 0 aromatic rings. The summed E-state index contributed by atoms with van der Waals surface area (Å²) in [5.74, 6) is 4.85. The van der Waals surface area contributed by atoms with Gasteiger partial charge in [0.25, 0.3) is 0 Å². The largest absolute Gasteiger partial charge is 0.513 e. The summed E-state index contributed by atoms with van der Waals surface area (Å²) in [4.78, 5) is 0. The third kappa shape index (κ3) is 20.8. The minimum absolute atomic E-state index is 0.469. The van der Waals surface area contributed by atoms with Gasteiger partial charge < -0.3 is 5.11 Å². The van der Waals surface area contributed by atoms with E-state index in [2.05, 4.69) is 41.5 Å². The van der Waals surface area contributed by atoms with Crippen molar-refractivity contribution in [2.75, 3.05) is 0 Å². The molecule has 4 unspecified atom stereocenters. The number of unbranched alkanes of at least 4 members (excludes halogenated alkanes) is 1. The zero-order valence-electron chi connectivity index (χ0n) is 22.0. The molecule has 0 fully saturated rings. The molecule has 1 N–H and O–H groups in total. The van der Waals surface area contributed by atoms with Gasteiger partial charge >= 0.3 is 0 Å². The van der Waals surface area contributed by atoms with Crippen LogP contribution in [0.25, 0.3) is 0 Å². The highest BCUT2D eigenvalue weighted by molar-refractivity contribution is 4.85. The SMILES string of the molecule is C/C(O)=C\CCC(C)CCCC(C)CCCCC(C)CCCC(C)CCCC(C)C. The Hall–Kier alpha value is -0.460. The Morgan fingerprint density at radius 3 is 1.23 bits per heavy atom. The molecule has 0 aliphatic carbocycles. The van der Waals surface area contributed by atoms with Gasteiger partial charge in [-0.3, -0.25) is 0 Å². The maximum atomic E-state index is 9.22. The number of aliphatic hydroxyl groups is 1. The van der Waals surface area contributed by atoms with Gasteiger partial charge in [-0.1, -0.05) is 125 Å². The predicted molar refractivity (Wildman–Crippen MR) is 137 cm³/mol. The molecule has 0 aromatic heterocycles. The molecular weight excluding hydrogens is 364 g/mol. The lowest BCUT2D eigenvalue weighted by Crippen LogP contribution is -2.01. The molecule has 0 saturated carbocycles. The van der Waals surface area contributed by atoms with E-state index in [9.17, 15) is 5.11 Å². The van der Waals surface area contributed by atoms with Crippen LogP contribution >= 0.6 is 0 Å². The minimum Gasteiger partial charge on any atom is -0.513 e. The molecule has 0 amide bonds. The Labute approximate surface area is 191 Å². The van der Waals surface area contributed by atoms with E-state index in [1.54, 1.807) is 6.92 Å². The zero-order chi connectivity index (χ0) is 22.8. The van der Waals surface area contributed by atoms with Crippen molar-refractivity contribution in [1.82, 2.24) is 0 Å². The van der Waals surface area contributed by atoms with Crippen LogP contribution in [0.2, 0.25) is 0 Å². The molecule has 0 rings (SSSR count). The molecule has 0 aliphatic rings. The van der Waals surface area contributed by atoms with Crippen LogP contribution in [-0.4, -0.2) is 5.11 Å². The molecule has 30 heavy (non-hydrogen) atoms. The Kier molecular flexibility index (Phi) is 18.9. The molecule has 0 aliphatic heterocycles. The van der Waals surface area contributed by atoms with Gasteiger partial charge in [-0.2, -0.15) is 0 Å². The van der Waals surface area contributed by atoms with E-state index in [1.165, 1.54) is 89.9 Å². The van der Waals surface area contributed by atoms with Crippen molar-refractivity contribution < 1.29 is 5.11 Å². The van der Waals surface area contributed by atoms with Crippen molar-refractivity contribution in [3.05, 3.63) is 11.8 Å². The standard InChI is InChI=1S/C29H58O/c1-24(2)14-10-17-27(5)20-11-18-25(3)15-8-9-16-26(4)19-12-21-28(6)22-13-23-29(7)30/h23-28,30H,8-22H2,1-7H3/b29-23+. The van der Waals surface area contributed by atoms with Gasteiger partial charge in [-0.25, -0.2) is 0 Å². The molecule has 0 radical (unpaired) electrons. The van der Waals surface area contributed by atoms with Gasteiger partial charge in [-0.15, -0.1) is 0 Å². The van der Waals surface area contributed by atoms with Crippen LogP contribution in [0.3, 0.4) is 0 Å². The summed E-state index contributed by atoms with van der Waals surface area (Å²) in [5.41, 5.74) is 0. The highest BCUT2D eigenvalue weighted by Gasteiger charge is 2.08. The van der Waals surface area contributed by atoms with Crippen LogP contribution in [0, 0.1) is 29.6 Å². The maximum Gasteiger partial charge on any atom is 0.0851 e. The zero-order valence-corrected chi connectivity index (χ0v) is 22.0. The monoisotopic (exact) mass is 422 g/mol. The van der Waals surface area contributed by atoms with Crippen molar-refractivity contribution in [2.45, 2.75) is 145 Å². The van der Waals surface area contributed by atoms with E-state index >= 15 is 0 Å². The van der Waals surface area contributed by atoms with Gasteiger partial charge in [-0.05, 0) is 55.4 Å².